The SMILES string of the molecule is CCCCCCCCc1cc(OC(=O)C(C)C)c(OC(=O)C(C)C)c(CCCCCCCC)c1OCCCCCCC. The zero-order valence-corrected chi connectivity index (χ0v) is 28.4. The van der Waals surface area contributed by atoms with Gasteiger partial charge >= 0.3 is 11.9 Å². The lowest BCUT2D eigenvalue weighted by atomic mass is 9.96. The minimum absolute atomic E-state index is 0.290. The van der Waals surface area contributed by atoms with Gasteiger partial charge in [-0.25, -0.2) is 0 Å². The summed E-state index contributed by atoms with van der Waals surface area (Å²) in [6.07, 6.45) is 21.6. The van der Waals surface area contributed by atoms with Gasteiger partial charge in [0.15, 0.2) is 11.5 Å². The van der Waals surface area contributed by atoms with E-state index in [9.17, 15) is 9.59 Å². The Morgan fingerprint density at radius 3 is 1.55 bits per heavy atom. The van der Waals surface area contributed by atoms with Crippen LogP contribution in [0.15, 0.2) is 6.07 Å². The van der Waals surface area contributed by atoms with Gasteiger partial charge in [-0.3, -0.25) is 9.59 Å². The fourth-order valence-electron chi connectivity index (χ4n) is 5.02. The molecular weight excluding hydrogens is 524 g/mol. The zero-order chi connectivity index (χ0) is 31.2. The second-order valence-corrected chi connectivity index (χ2v) is 12.6. The van der Waals surface area contributed by atoms with Gasteiger partial charge < -0.3 is 14.2 Å². The Labute approximate surface area is 258 Å². The molecule has 0 aliphatic heterocycles. The number of benzene rings is 1. The molecule has 5 nitrogen and oxygen atoms in total. The number of carbonyl (C=O) groups is 2. The predicted molar refractivity (Wildman–Crippen MR) is 176 cm³/mol. The molecule has 0 unspecified atom stereocenters. The third-order valence-electron chi connectivity index (χ3n) is 7.80. The van der Waals surface area contributed by atoms with Crippen molar-refractivity contribution in [3.8, 4) is 17.2 Å². The first-order valence-electron chi connectivity index (χ1n) is 17.5. The molecule has 0 saturated heterocycles. The topological polar surface area (TPSA) is 61.8 Å². The molecule has 0 heterocycles. The molecule has 242 valence electrons. The van der Waals surface area contributed by atoms with Crippen LogP contribution in [-0.4, -0.2) is 18.5 Å². The van der Waals surface area contributed by atoms with Crippen LogP contribution in [0.25, 0.3) is 0 Å². The summed E-state index contributed by atoms with van der Waals surface area (Å²) < 4.78 is 18.6. The maximum Gasteiger partial charge on any atom is 0.313 e. The molecule has 42 heavy (non-hydrogen) atoms. The Morgan fingerprint density at radius 2 is 1.02 bits per heavy atom. The number of hydrogen-bond donors (Lipinski definition) is 0. The van der Waals surface area contributed by atoms with E-state index in [0.717, 1.165) is 68.2 Å². The second kappa shape index (κ2) is 23.4. The van der Waals surface area contributed by atoms with Gasteiger partial charge in [-0.05, 0) is 43.7 Å². The van der Waals surface area contributed by atoms with Crippen molar-refractivity contribution in [3.63, 3.8) is 0 Å². The molecule has 0 fully saturated rings. The van der Waals surface area contributed by atoms with E-state index in [0.29, 0.717) is 18.1 Å². The minimum Gasteiger partial charge on any atom is -0.493 e. The summed E-state index contributed by atoms with van der Waals surface area (Å²) in [5, 5.41) is 0. The highest BCUT2D eigenvalue weighted by molar-refractivity contribution is 5.79. The van der Waals surface area contributed by atoms with E-state index < -0.39 is 0 Å². The maximum atomic E-state index is 12.9. The molecule has 0 amide bonds. The fourth-order valence-corrected chi connectivity index (χ4v) is 5.02. The zero-order valence-electron chi connectivity index (χ0n) is 28.4. The molecule has 0 N–H and O–H groups in total. The summed E-state index contributed by atoms with van der Waals surface area (Å²) in [5.41, 5.74) is 1.96. The number of rotatable bonds is 25. The molecule has 5 heteroatoms. The average molecular weight is 589 g/mol. The molecule has 1 rings (SSSR count). The highest BCUT2D eigenvalue weighted by Gasteiger charge is 2.26. The highest BCUT2D eigenvalue weighted by Crippen LogP contribution is 2.43. The molecular formula is C37H64O5. The molecule has 1 aromatic rings. The van der Waals surface area contributed by atoms with E-state index in [1.165, 1.54) is 70.6 Å². The summed E-state index contributed by atoms with van der Waals surface area (Å²) in [5.74, 6) is 0.355. The Kier molecular flexibility index (Phi) is 21.2. The third kappa shape index (κ3) is 15.4. The van der Waals surface area contributed by atoms with Crippen molar-refractivity contribution in [1.82, 2.24) is 0 Å². The predicted octanol–water partition coefficient (Wildman–Crippen LogP) is 11.0. The molecule has 0 aliphatic carbocycles. The van der Waals surface area contributed by atoms with Crippen LogP contribution in [0.4, 0.5) is 0 Å². The first-order chi connectivity index (χ1) is 20.3. The van der Waals surface area contributed by atoms with E-state index >= 15 is 0 Å². The quantitative estimate of drug-likeness (QED) is 0.0646. The van der Waals surface area contributed by atoms with Crippen LogP contribution >= 0.6 is 0 Å². The number of aryl methyl sites for hydroxylation is 1. The first kappa shape index (κ1) is 38.0. The number of unbranched alkanes of at least 4 members (excludes halogenated alkanes) is 14. The first-order valence-corrected chi connectivity index (χ1v) is 17.5. The van der Waals surface area contributed by atoms with Gasteiger partial charge in [0.2, 0.25) is 0 Å². The van der Waals surface area contributed by atoms with Gasteiger partial charge in [-0.2, -0.15) is 0 Å². The van der Waals surface area contributed by atoms with Crippen molar-refractivity contribution in [2.75, 3.05) is 6.61 Å². The van der Waals surface area contributed by atoms with E-state index in [1.54, 1.807) is 0 Å². The second-order valence-electron chi connectivity index (χ2n) is 12.6. The van der Waals surface area contributed by atoms with Crippen LogP contribution in [0.1, 0.15) is 169 Å². The normalized spacial score (nSPS) is 11.4. The van der Waals surface area contributed by atoms with Crippen LogP contribution < -0.4 is 14.2 Å². The minimum atomic E-state index is -0.324. The lowest BCUT2D eigenvalue weighted by Crippen LogP contribution is -2.20. The van der Waals surface area contributed by atoms with E-state index in [1.807, 2.05) is 33.8 Å². The fraction of sp³-hybridized carbons (Fsp3) is 0.784. The van der Waals surface area contributed by atoms with Crippen LogP contribution in [0, 0.1) is 11.8 Å². The molecule has 1 aromatic carbocycles. The Morgan fingerprint density at radius 1 is 0.571 bits per heavy atom. The summed E-state index contributed by atoms with van der Waals surface area (Å²) in [6, 6.07) is 1.92. The van der Waals surface area contributed by atoms with Crippen molar-refractivity contribution in [2.45, 2.75) is 170 Å². The van der Waals surface area contributed by atoms with Gasteiger partial charge in [0.25, 0.3) is 0 Å². The maximum absolute atomic E-state index is 12.9. The lowest BCUT2D eigenvalue weighted by molar-refractivity contribution is -0.140. The Hall–Kier alpha value is -2.04. The lowest BCUT2D eigenvalue weighted by Gasteiger charge is -2.23. The van der Waals surface area contributed by atoms with Crippen molar-refractivity contribution < 1.29 is 23.8 Å². The molecule has 0 bridgehead atoms. The number of hydrogen-bond acceptors (Lipinski definition) is 5. The van der Waals surface area contributed by atoms with Crippen molar-refractivity contribution in [1.29, 1.82) is 0 Å². The monoisotopic (exact) mass is 588 g/mol. The Bertz CT molecular complexity index is 873. The highest BCUT2D eigenvalue weighted by atomic mass is 16.6. The van der Waals surface area contributed by atoms with Crippen molar-refractivity contribution >= 4 is 11.9 Å². The number of esters is 2. The molecule has 0 aliphatic rings. The summed E-state index contributed by atoms with van der Waals surface area (Å²) in [4.78, 5) is 25.8. The third-order valence-corrected chi connectivity index (χ3v) is 7.80. The summed E-state index contributed by atoms with van der Waals surface area (Å²) >= 11 is 0. The molecule has 0 aromatic heterocycles. The van der Waals surface area contributed by atoms with Crippen LogP contribution in [0.2, 0.25) is 0 Å². The van der Waals surface area contributed by atoms with Crippen LogP contribution in [0.5, 0.6) is 17.2 Å². The van der Waals surface area contributed by atoms with Gasteiger partial charge in [-0.1, -0.05) is 138 Å². The van der Waals surface area contributed by atoms with E-state index in [2.05, 4.69) is 20.8 Å². The van der Waals surface area contributed by atoms with Gasteiger partial charge in [0.1, 0.15) is 5.75 Å². The van der Waals surface area contributed by atoms with Gasteiger partial charge in [-0.15, -0.1) is 0 Å². The number of carbonyl (C=O) groups excluding carboxylic acids is 2. The molecule has 0 radical (unpaired) electrons. The van der Waals surface area contributed by atoms with Crippen molar-refractivity contribution in [2.24, 2.45) is 11.8 Å². The largest absolute Gasteiger partial charge is 0.493 e. The average Bonchev–Trinajstić information content (AvgIpc) is 2.96. The molecule has 0 spiro atoms. The van der Waals surface area contributed by atoms with Gasteiger partial charge in [0, 0.05) is 5.56 Å². The number of ether oxygens (including phenoxy) is 3. The molecule has 0 saturated carbocycles. The summed E-state index contributed by atoms with van der Waals surface area (Å²) in [6.45, 7) is 14.7. The summed E-state index contributed by atoms with van der Waals surface area (Å²) in [7, 11) is 0. The smallest absolute Gasteiger partial charge is 0.313 e. The molecule has 0 atom stereocenters. The van der Waals surface area contributed by atoms with Gasteiger partial charge in [0.05, 0.1) is 18.4 Å². The van der Waals surface area contributed by atoms with Crippen LogP contribution in [0.3, 0.4) is 0 Å². The van der Waals surface area contributed by atoms with E-state index in [-0.39, 0.29) is 23.8 Å². The van der Waals surface area contributed by atoms with Crippen molar-refractivity contribution in [3.05, 3.63) is 17.2 Å². The standard InChI is InChI=1S/C37H64O5/c1-8-11-14-17-19-22-25-31-28-33(41-36(38)29(4)5)35(42-37(39)30(6)7)32(26-23-20-18-15-12-9-2)34(31)40-27-24-21-16-13-10-3/h28-30H,8-27H2,1-7H3. The van der Waals surface area contributed by atoms with E-state index in [4.69, 9.17) is 14.2 Å². The van der Waals surface area contributed by atoms with Crippen LogP contribution in [-0.2, 0) is 22.4 Å². The Balaban J connectivity index is 3.48.